The van der Waals surface area contributed by atoms with Gasteiger partial charge in [-0.2, -0.15) is 0 Å². The zero-order valence-electron chi connectivity index (χ0n) is 11.9. The van der Waals surface area contributed by atoms with Gasteiger partial charge in [0.2, 0.25) is 0 Å². The molecular formula is C15H18FN3S. The van der Waals surface area contributed by atoms with Crippen molar-refractivity contribution in [3.63, 3.8) is 0 Å². The molecule has 0 bridgehead atoms. The Morgan fingerprint density at radius 2 is 2.05 bits per heavy atom. The highest BCUT2D eigenvalue weighted by Crippen LogP contribution is 2.30. The van der Waals surface area contributed by atoms with E-state index in [0.29, 0.717) is 12.1 Å². The Morgan fingerprint density at radius 1 is 1.25 bits per heavy atom. The van der Waals surface area contributed by atoms with Crippen molar-refractivity contribution >= 4 is 11.8 Å². The molecule has 0 atom stereocenters. The predicted molar refractivity (Wildman–Crippen MR) is 79.1 cm³/mol. The lowest BCUT2D eigenvalue weighted by atomic mass is 10.1. The van der Waals surface area contributed by atoms with Crippen molar-refractivity contribution < 1.29 is 4.39 Å². The summed E-state index contributed by atoms with van der Waals surface area (Å²) in [5.41, 5.74) is 0.616. The number of halogens is 1. The molecule has 3 nitrogen and oxygen atoms in total. The fourth-order valence-corrected chi connectivity index (χ4v) is 2.50. The Bertz CT molecular complexity index is 567. The average Bonchev–Trinajstić information content (AvgIpc) is 2.38. The second kappa shape index (κ2) is 6.33. The summed E-state index contributed by atoms with van der Waals surface area (Å²) in [6.45, 7) is 6.67. The molecule has 0 unspecified atom stereocenters. The third-order valence-corrected chi connectivity index (χ3v) is 3.69. The van der Waals surface area contributed by atoms with Crippen LogP contribution in [0.5, 0.6) is 0 Å². The Kier molecular flexibility index (Phi) is 4.73. The molecule has 0 aliphatic rings. The lowest BCUT2D eigenvalue weighted by Crippen LogP contribution is -2.35. The van der Waals surface area contributed by atoms with Crippen LogP contribution in [0.3, 0.4) is 0 Å². The maximum absolute atomic E-state index is 14.0. The fourth-order valence-electron chi connectivity index (χ4n) is 1.61. The molecular weight excluding hydrogens is 273 g/mol. The minimum Gasteiger partial charge on any atom is -0.308 e. The molecule has 0 aliphatic heterocycles. The van der Waals surface area contributed by atoms with Crippen LogP contribution in [-0.2, 0) is 6.54 Å². The summed E-state index contributed by atoms with van der Waals surface area (Å²) in [5, 5.41) is 4.13. The molecule has 0 saturated heterocycles. The number of aromatic nitrogens is 2. The van der Waals surface area contributed by atoms with Crippen LogP contribution in [-0.4, -0.2) is 15.5 Å². The van der Waals surface area contributed by atoms with E-state index >= 15 is 0 Å². The van der Waals surface area contributed by atoms with Gasteiger partial charge in [-0.25, -0.2) is 14.4 Å². The van der Waals surface area contributed by atoms with Gasteiger partial charge in [-0.15, -0.1) is 0 Å². The first-order chi connectivity index (χ1) is 9.46. The molecule has 5 heteroatoms. The molecule has 1 aromatic carbocycles. The highest BCUT2D eigenvalue weighted by atomic mass is 32.2. The summed E-state index contributed by atoms with van der Waals surface area (Å²) >= 11 is 1.45. The minimum atomic E-state index is -0.194. The van der Waals surface area contributed by atoms with E-state index in [2.05, 4.69) is 36.1 Å². The summed E-state index contributed by atoms with van der Waals surface area (Å²) in [6, 6.07) is 6.94. The largest absolute Gasteiger partial charge is 0.308 e. The van der Waals surface area contributed by atoms with Crippen molar-refractivity contribution in [2.75, 3.05) is 0 Å². The molecule has 1 N–H and O–H groups in total. The van der Waals surface area contributed by atoms with Gasteiger partial charge in [0.05, 0.1) is 0 Å². The first kappa shape index (κ1) is 14.9. The zero-order valence-corrected chi connectivity index (χ0v) is 12.7. The van der Waals surface area contributed by atoms with Gasteiger partial charge in [0.15, 0.2) is 0 Å². The molecule has 1 heterocycles. The molecule has 2 aromatic rings. The molecule has 106 valence electrons. The highest BCUT2D eigenvalue weighted by molar-refractivity contribution is 7.99. The summed E-state index contributed by atoms with van der Waals surface area (Å²) in [7, 11) is 0. The van der Waals surface area contributed by atoms with Crippen LogP contribution in [0, 0.1) is 5.82 Å². The maximum Gasteiger partial charge on any atom is 0.128 e. The standard InChI is InChI=1S/C15H18FN3S/c1-15(2,3)19-9-11-12(16)5-4-6-13(11)20-14-7-8-17-10-18-14/h4-8,10,19H,9H2,1-3H3. The summed E-state index contributed by atoms with van der Waals surface area (Å²) in [4.78, 5) is 8.92. The second-order valence-corrected chi connectivity index (χ2v) is 6.53. The lowest BCUT2D eigenvalue weighted by Gasteiger charge is -2.21. The van der Waals surface area contributed by atoms with Gasteiger partial charge in [-0.1, -0.05) is 17.8 Å². The van der Waals surface area contributed by atoms with Gasteiger partial charge in [-0.3, -0.25) is 0 Å². The van der Waals surface area contributed by atoms with Crippen LogP contribution in [0.2, 0.25) is 0 Å². The van der Waals surface area contributed by atoms with Crippen molar-refractivity contribution in [2.45, 2.75) is 42.8 Å². The molecule has 0 fully saturated rings. The Hall–Kier alpha value is -1.46. The van der Waals surface area contributed by atoms with E-state index in [-0.39, 0.29) is 11.4 Å². The number of nitrogens with zero attached hydrogens (tertiary/aromatic N) is 2. The molecule has 1 aromatic heterocycles. The smallest absolute Gasteiger partial charge is 0.128 e. The molecule has 0 radical (unpaired) electrons. The molecule has 0 saturated carbocycles. The van der Waals surface area contributed by atoms with Crippen molar-refractivity contribution in [2.24, 2.45) is 0 Å². The normalized spacial score (nSPS) is 11.6. The fraction of sp³-hybridized carbons (Fsp3) is 0.333. The Balaban J connectivity index is 2.22. The molecule has 2 rings (SSSR count). The van der Waals surface area contributed by atoms with E-state index in [0.717, 1.165) is 9.92 Å². The molecule has 0 amide bonds. The first-order valence-electron chi connectivity index (χ1n) is 6.42. The number of benzene rings is 1. The van der Waals surface area contributed by atoms with Gasteiger partial charge in [0, 0.05) is 28.7 Å². The molecule has 20 heavy (non-hydrogen) atoms. The van der Waals surface area contributed by atoms with E-state index < -0.39 is 0 Å². The van der Waals surface area contributed by atoms with E-state index in [1.165, 1.54) is 24.2 Å². The molecule has 0 spiro atoms. The van der Waals surface area contributed by atoms with Gasteiger partial charge < -0.3 is 5.32 Å². The van der Waals surface area contributed by atoms with Crippen molar-refractivity contribution in [3.8, 4) is 0 Å². The summed E-state index contributed by atoms with van der Waals surface area (Å²) in [6.07, 6.45) is 3.18. The van der Waals surface area contributed by atoms with Gasteiger partial charge in [-0.05, 0) is 39.0 Å². The van der Waals surface area contributed by atoms with Crippen LogP contribution in [0.15, 0.2) is 46.7 Å². The van der Waals surface area contributed by atoms with E-state index in [9.17, 15) is 4.39 Å². The Morgan fingerprint density at radius 3 is 2.70 bits per heavy atom. The maximum atomic E-state index is 14.0. The van der Waals surface area contributed by atoms with E-state index in [1.54, 1.807) is 12.3 Å². The number of hydrogen-bond donors (Lipinski definition) is 1. The van der Waals surface area contributed by atoms with Crippen LogP contribution in [0.4, 0.5) is 4.39 Å². The van der Waals surface area contributed by atoms with Crippen molar-refractivity contribution in [1.29, 1.82) is 0 Å². The molecule has 0 aliphatic carbocycles. The predicted octanol–water partition coefficient (Wildman–Crippen LogP) is 3.66. The number of rotatable bonds is 4. The minimum absolute atomic E-state index is 0.0564. The van der Waals surface area contributed by atoms with Crippen LogP contribution in [0.25, 0.3) is 0 Å². The topological polar surface area (TPSA) is 37.8 Å². The quantitative estimate of drug-likeness (QED) is 0.873. The van der Waals surface area contributed by atoms with Crippen LogP contribution in [0.1, 0.15) is 26.3 Å². The summed E-state index contributed by atoms with van der Waals surface area (Å²) < 4.78 is 14.0. The van der Waals surface area contributed by atoms with E-state index in [1.807, 2.05) is 12.1 Å². The van der Waals surface area contributed by atoms with Crippen LogP contribution >= 0.6 is 11.8 Å². The first-order valence-corrected chi connectivity index (χ1v) is 7.24. The number of hydrogen-bond acceptors (Lipinski definition) is 4. The van der Waals surface area contributed by atoms with E-state index in [4.69, 9.17) is 0 Å². The Labute approximate surface area is 123 Å². The second-order valence-electron chi connectivity index (χ2n) is 5.47. The number of nitrogens with one attached hydrogen (secondary N) is 1. The van der Waals surface area contributed by atoms with Crippen molar-refractivity contribution in [3.05, 3.63) is 48.2 Å². The van der Waals surface area contributed by atoms with Crippen molar-refractivity contribution in [1.82, 2.24) is 15.3 Å². The highest BCUT2D eigenvalue weighted by Gasteiger charge is 2.14. The average molecular weight is 291 g/mol. The third kappa shape index (κ3) is 4.28. The zero-order chi connectivity index (χ0) is 14.6. The summed E-state index contributed by atoms with van der Waals surface area (Å²) in [5.74, 6) is -0.194. The SMILES string of the molecule is CC(C)(C)NCc1c(F)cccc1Sc1ccncn1. The van der Waals surface area contributed by atoms with Crippen LogP contribution < -0.4 is 5.32 Å². The third-order valence-electron chi connectivity index (χ3n) is 2.64. The van der Waals surface area contributed by atoms with Gasteiger partial charge in [0.25, 0.3) is 0 Å². The lowest BCUT2D eigenvalue weighted by molar-refractivity contribution is 0.416. The monoisotopic (exact) mass is 291 g/mol. The van der Waals surface area contributed by atoms with Gasteiger partial charge >= 0.3 is 0 Å². The van der Waals surface area contributed by atoms with Gasteiger partial charge in [0.1, 0.15) is 17.2 Å².